The van der Waals surface area contributed by atoms with Gasteiger partial charge in [-0.15, -0.1) is 21.5 Å². The zero-order valence-corrected chi connectivity index (χ0v) is 17.7. The molecule has 0 aliphatic carbocycles. The molecule has 4 rings (SSSR count). The second kappa shape index (κ2) is 8.53. The number of amides is 1. The molecule has 0 radical (unpaired) electrons. The lowest BCUT2D eigenvalue weighted by atomic mass is 10.2. The van der Waals surface area contributed by atoms with Gasteiger partial charge >= 0.3 is 0 Å². The summed E-state index contributed by atoms with van der Waals surface area (Å²) < 4.78 is 7.57. The number of hydrogen-bond donors (Lipinski definition) is 0. The fourth-order valence-electron chi connectivity index (χ4n) is 3.56. The monoisotopic (exact) mass is 416 g/mol. The third kappa shape index (κ3) is 4.03. The molecule has 148 valence electrons. The molecule has 1 aliphatic rings. The van der Waals surface area contributed by atoms with Crippen LogP contribution in [0.5, 0.6) is 0 Å². The predicted molar refractivity (Wildman–Crippen MR) is 111 cm³/mol. The quantitative estimate of drug-likeness (QED) is 0.522. The second-order valence-corrected chi connectivity index (χ2v) is 9.26. The normalized spacial score (nSPS) is 17.0. The van der Waals surface area contributed by atoms with Gasteiger partial charge in [0.15, 0.2) is 16.7 Å². The fourth-order valence-corrected chi connectivity index (χ4v) is 5.27. The van der Waals surface area contributed by atoms with Crippen LogP contribution in [0.3, 0.4) is 0 Å². The SMILES string of the molecule is CC(C)Cn1c(SCC(=O)N2CCCC2c2cccs2)nnc1-c1ccco1. The Morgan fingerprint density at radius 3 is 2.96 bits per heavy atom. The lowest BCUT2D eigenvalue weighted by Gasteiger charge is -2.23. The van der Waals surface area contributed by atoms with Gasteiger partial charge in [-0.2, -0.15) is 0 Å². The number of furan rings is 1. The molecule has 0 bridgehead atoms. The van der Waals surface area contributed by atoms with Crippen molar-refractivity contribution in [1.29, 1.82) is 0 Å². The van der Waals surface area contributed by atoms with Crippen LogP contribution in [0.25, 0.3) is 11.6 Å². The Labute approximate surface area is 172 Å². The van der Waals surface area contributed by atoms with Crippen LogP contribution >= 0.6 is 23.1 Å². The number of aromatic nitrogens is 3. The van der Waals surface area contributed by atoms with E-state index in [0.29, 0.717) is 23.3 Å². The molecule has 1 aliphatic heterocycles. The molecule has 28 heavy (non-hydrogen) atoms. The number of nitrogens with zero attached hydrogens (tertiary/aromatic N) is 4. The lowest BCUT2D eigenvalue weighted by Crippen LogP contribution is -2.31. The first-order valence-corrected chi connectivity index (χ1v) is 11.4. The highest BCUT2D eigenvalue weighted by Crippen LogP contribution is 2.35. The van der Waals surface area contributed by atoms with Crippen LogP contribution < -0.4 is 0 Å². The predicted octanol–water partition coefficient (Wildman–Crippen LogP) is 4.71. The van der Waals surface area contributed by atoms with Crippen molar-refractivity contribution >= 4 is 29.0 Å². The minimum absolute atomic E-state index is 0.166. The molecule has 0 saturated carbocycles. The summed E-state index contributed by atoms with van der Waals surface area (Å²) in [5.74, 6) is 2.38. The first kappa shape index (κ1) is 19.3. The number of thiophene rings is 1. The summed E-state index contributed by atoms with van der Waals surface area (Å²) in [5.41, 5.74) is 0. The molecule has 1 saturated heterocycles. The topological polar surface area (TPSA) is 64.2 Å². The van der Waals surface area contributed by atoms with Crippen molar-refractivity contribution in [3.05, 3.63) is 40.8 Å². The van der Waals surface area contributed by atoms with E-state index >= 15 is 0 Å². The Bertz CT molecular complexity index is 903. The van der Waals surface area contributed by atoms with Gasteiger partial charge in [0.1, 0.15) is 0 Å². The average Bonchev–Trinajstić information content (AvgIpc) is 3.46. The summed E-state index contributed by atoms with van der Waals surface area (Å²) >= 11 is 3.19. The van der Waals surface area contributed by atoms with E-state index < -0.39 is 0 Å². The Kier molecular flexibility index (Phi) is 5.87. The van der Waals surface area contributed by atoms with Crippen molar-refractivity contribution in [3.63, 3.8) is 0 Å². The van der Waals surface area contributed by atoms with Crippen LogP contribution in [0.1, 0.15) is 37.6 Å². The minimum Gasteiger partial charge on any atom is -0.461 e. The average molecular weight is 417 g/mol. The van der Waals surface area contributed by atoms with E-state index in [-0.39, 0.29) is 11.9 Å². The minimum atomic E-state index is 0.166. The molecule has 0 spiro atoms. The van der Waals surface area contributed by atoms with E-state index in [0.717, 1.165) is 31.1 Å². The molecule has 1 atom stereocenters. The van der Waals surface area contributed by atoms with Crippen LogP contribution in [-0.2, 0) is 11.3 Å². The van der Waals surface area contributed by atoms with Gasteiger partial charge in [0, 0.05) is 18.0 Å². The molecule has 1 amide bonds. The largest absolute Gasteiger partial charge is 0.461 e. The molecule has 0 aromatic carbocycles. The molecular weight excluding hydrogens is 392 g/mol. The molecule has 6 nitrogen and oxygen atoms in total. The number of hydrogen-bond acceptors (Lipinski definition) is 6. The van der Waals surface area contributed by atoms with Crippen molar-refractivity contribution < 1.29 is 9.21 Å². The summed E-state index contributed by atoms with van der Waals surface area (Å²) in [6, 6.07) is 8.14. The zero-order valence-electron chi connectivity index (χ0n) is 16.1. The van der Waals surface area contributed by atoms with Gasteiger partial charge in [-0.1, -0.05) is 31.7 Å². The third-order valence-electron chi connectivity index (χ3n) is 4.78. The van der Waals surface area contributed by atoms with Gasteiger partial charge in [-0.3, -0.25) is 9.36 Å². The van der Waals surface area contributed by atoms with Gasteiger partial charge in [0.2, 0.25) is 5.91 Å². The van der Waals surface area contributed by atoms with E-state index in [1.165, 1.54) is 16.6 Å². The number of rotatable bonds is 7. The summed E-state index contributed by atoms with van der Waals surface area (Å²) in [5, 5.41) is 11.5. The number of thioether (sulfide) groups is 1. The molecule has 8 heteroatoms. The Morgan fingerprint density at radius 1 is 1.36 bits per heavy atom. The maximum atomic E-state index is 12.9. The van der Waals surface area contributed by atoms with E-state index in [2.05, 4.69) is 46.1 Å². The lowest BCUT2D eigenvalue weighted by molar-refractivity contribution is -0.129. The van der Waals surface area contributed by atoms with E-state index in [1.807, 2.05) is 17.0 Å². The first-order valence-electron chi connectivity index (χ1n) is 9.56. The zero-order chi connectivity index (χ0) is 19.5. The van der Waals surface area contributed by atoms with Crippen LogP contribution in [0.15, 0.2) is 45.5 Å². The Balaban J connectivity index is 1.48. The summed E-state index contributed by atoms with van der Waals surface area (Å²) in [4.78, 5) is 16.2. The maximum absolute atomic E-state index is 12.9. The highest BCUT2D eigenvalue weighted by atomic mass is 32.2. The van der Waals surface area contributed by atoms with Crippen LogP contribution in [0, 0.1) is 5.92 Å². The molecule has 4 heterocycles. The number of likely N-dealkylation sites (tertiary alicyclic amines) is 1. The Hall–Kier alpha value is -2.06. The molecule has 0 N–H and O–H groups in total. The van der Waals surface area contributed by atoms with E-state index in [1.54, 1.807) is 17.6 Å². The molecule has 3 aromatic heterocycles. The highest BCUT2D eigenvalue weighted by molar-refractivity contribution is 7.99. The molecule has 1 unspecified atom stereocenters. The Morgan fingerprint density at radius 2 is 2.25 bits per heavy atom. The first-order chi connectivity index (χ1) is 13.6. The van der Waals surface area contributed by atoms with E-state index in [4.69, 9.17) is 4.42 Å². The molecule has 1 fully saturated rings. The summed E-state index contributed by atoms with van der Waals surface area (Å²) in [6.07, 6.45) is 3.74. The highest BCUT2D eigenvalue weighted by Gasteiger charge is 2.30. The molecule has 3 aromatic rings. The van der Waals surface area contributed by atoms with Crippen molar-refractivity contribution in [2.75, 3.05) is 12.3 Å². The van der Waals surface area contributed by atoms with Crippen LogP contribution in [0.4, 0.5) is 0 Å². The number of carbonyl (C=O) groups excluding carboxylic acids is 1. The maximum Gasteiger partial charge on any atom is 0.233 e. The standard InChI is InChI=1S/C20H24N4O2S2/c1-14(2)12-24-19(16-7-4-10-26-16)21-22-20(24)28-13-18(25)23-9-3-6-15(23)17-8-5-11-27-17/h4-5,7-8,10-11,14-15H,3,6,9,12-13H2,1-2H3. The third-order valence-corrected chi connectivity index (χ3v) is 6.70. The summed E-state index contributed by atoms with van der Waals surface area (Å²) in [6.45, 7) is 5.92. The smallest absolute Gasteiger partial charge is 0.233 e. The van der Waals surface area contributed by atoms with Crippen molar-refractivity contribution in [2.24, 2.45) is 5.92 Å². The van der Waals surface area contributed by atoms with Crippen LogP contribution in [0.2, 0.25) is 0 Å². The number of carbonyl (C=O) groups is 1. The van der Waals surface area contributed by atoms with Gasteiger partial charge in [0.05, 0.1) is 18.1 Å². The van der Waals surface area contributed by atoms with Crippen molar-refractivity contribution in [1.82, 2.24) is 19.7 Å². The van der Waals surface area contributed by atoms with Gasteiger partial charge in [0.25, 0.3) is 0 Å². The second-order valence-electron chi connectivity index (χ2n) is 7.34. The fraction of sp³-hybridized carbons (Fsp3) is 0.450. The van der Waals surface area contributed by atoms with Crippen molar-refractivity contribution in [2.45, 2.75) is 44.4 Å². The van der Waals surface area contributed by atoms with Crippen LogP contribution in [-0.4, -0.2) is 37.9 Å². The van der Waals surface area contributed by atoms with Gasteiger partial charge in [-0.25, -0.2) is 0 Å². The van der Waals surface area contributed by atoms with Gasteiger partial charge in [-0.05, 0) is 42.3 Å². The van der Waals surface area contributed by atoms with Gasteiger partial charge < -0.3 is 9.32 Å². The summed E-state index contributed by atoms with van der Waals surface area (Å²) in [7, 11) is 0. The van der Waals surface area contributed by atoms with Crippen molar-refractivity contribution in [3.8, 4) is 11.6 Å². The van der Waals surface area contributed by atoms with E-state index in [9.17, 15) is 4.79 Å². The molecular formula is C20H24N4O2S2.